The van der Waals surface area contributed by atoms with Crippen molar-refractivity contribution in [2.75, 3.05) is 5.73 Å². The summed E-state index contributed by atoms with van der Waals surface area (Å²) in [4.78, 5) is 12.7. The van der Waals surface area contributed by atoms with Crippen LogP contribution in [0.2, 0.25) is 5.15 Å². The summed E-state index contributed by atoms with van der Waals surface area (Å²) < 4.78 is 5.42. The highest BCUT2D eigenvalue weighted by Gasteiger charge is 2.14. The zero-order valence-electron chi connectivity index (χ0n) is 11.8. The predicted molar refractivity (Wildman–Crippen MR) is 87.6 cm³/mol. The fraction of sp³-hybridized carbons (Fsp3) is 0.214. The summed E-state index contributed by atoms with van der Waals surface area (Å²) in [6.07, 6.45) is 3.36. The zero-order valence-corrected chi connectivity index (χ0v) is 13.4. The Hall–Kier alpha value is -1.83. The van der Waals surface area contributed by atoms with Gasteiger partial charge in [0.1, 0.15) is 11.0 Å². The first-order valence-electron chi connectivity index (χ1n) is 6.59. The van der Waals surface area contributed by atoms with E-state index in [0.717, 1.165) is 22.2 Å². The molecule has 0 radical (unpaired) electrons. The topological polar surface area (TPSA) is 104 Å². The Morgan fingerprint density at radius 2 is 2.18 bits per heavy atom. The minimum Gasteiger partial charge on any atom is -0.462 e. The van der Waals surface area contributed by atoms with Crippen LogP contribution in [-0.4, -0.2) is 15.0 Å². The molecule has 114 valence electrons. The number of furan rings is 1. The van der Waals surface area contributed by atoms with E-state index >= 15 is 0 Å². The molecule has 3 heterocycles. The molecule has 1 unspecified atom stereocenters. The molecule has 0 aliphatic carbocycles. The summed E-state index contributed by atoms with van der Waals surface area (Å²) in [5.74, 6) is 0.346. The van der Waals surface area contributed by atoms with Gasteiger partial charge in [-0.2, -0.15) is 0 Å². The Balaban J connectivity index is 1.89. The van der Waals surface area contributed by atoms with E-state index < -0.39 is 0 Å². The maximum absolute atomic E-state index is 5.90. The average molecular weight is 336 g/mol. The van der Waals surface area contributed by atoms with E-state index in [1.165, 1.54) is 17.8 Å². The molecular formula is C14H14ClN5OS. The fourth-order valence-corrected chi connectivity index (χ4v) is 3.18. The van der Waals surface area contributed by atoms with Crippen molar-refractivity contribution in [3.05, 3.63) is 41.0 Å². The van der Waals surface area contributed by atoms with Crippen molar-refractivity contribution in [2.45, 2.75) is 23.9 Å². The minimum atomic E-state index is 0.0304. The Morgan fingerprint density at radius 3 is 2.91 bits per heavy atom. The van der Waals surface area contributed by atoms with Crippen molar-refractivity contribution in [3.63, 3.8) is 0 Å². The lowest BCUT2D eigenvalue weighted by molar-refractivity contribution is 0.609. The number of nitrogens with zero attached hydrogens (tertiary/aromatic N) is 3. The van der Waals surface area contributed by atoms with Crippen LogP contribution in [0.5, 0.6) is 0 Å². The SMILES string of the molecule is CC(Sc1nc(N)cc(Cl)n1)c1cc2c(CN)coc2cn1. The van der Waals surface area contributed by atoms with Gasteiger partial charge in [-0.3, -0.25) is 4.98 Å². The zero-order chi connectivity index (χ0) is 15.7. The van der Waals surface area contributed by atoms with Gasteiger partial charge in [-0.05, 0) is 13.0 Å². The number of rotatable bonds is 4. The molecule has 0 amide bonds. The third-order valence-electron chi connectivity index (χ3n) is 3.18. The van der Waals surface area contributed by atoms with Crippen LogP contribution in [0.25, 0.3) is 11.0 Å². The van der Waals surface area contributed by atoms with Gasteiger partial charge in [-0.15, -0.1) is 0 Å². The van der Waals surface area contributed by atoms with E-state index in [4.69, 9.17) is 27.5 Å². The molecule has 0 saturated heterocycles. The lowest BCUT2D eigenvalue weighted by atomic mass is 10.1. The molecule has 0 spiro atoms. The van der Waals surface area contributed by atoms with Crippen molar-refractivity contribution >= 4 is 40.1 Å². The second kappa shape index (κ2) is 6.12. The number of hydrogen-bond acceptors (Lipinski definition) is 7. The first-order valence-corrected chi connectivity index (χ1v) is 7.85. The lowest BCUT2D eigenvalue weighted by Gasteiger charge is -2.10. The number of fused-ring (bicyclic) bond motifs is 1. The minimum absolute atomic E-state index is 0.0304. The monoisotopic (exact) mass is 335 g/mol. The first-order chi connectivity index (χ1) is 10.6. The van der Waals surface area contributed by atoms with Gasteiger partial charge in [-0.1, -0.05) is 23.4 Å². The number of nitrogens with two attached hydrogens (primary N) is 2. The summed E-state index contributed by atoms with van der Waals surface area (Å²) in [5.41, 5.74) is 14.0. The number of halogens is 1. The third-order valence-corrected chi connectivity index (χ3v) is 4.36. The van der Waals surface area contributed by atoms with E-state index in [-0.39, 0.29) is 5.25 Å². The molecule has 3 aromatic rings. The number of aromatic nitrogens is 3. The molecular weight excluding hydrogens is 322 g/mol. The van der Waals surface area contributed by atoms with E-state index in [9.17, 15) is 0 Å². The van der Waals surface area contributed by atoms with Crippen molar-refractivity contribution in [2.24, 2.45) is 5.73 Å². The smallest absolute Gasteiger partial charge is 0.191 e. The van der Waals surface area contributed by atoms with E-state index in [1.807, 2.05) is 13.0 Å². The third kappa shape index (κ3) is 3.01. The standard InChI is InChI=1S/C14H14ClN5OS/c1-7(22-14-19-12(15)3-13(17)20-14)10-2-9-8(4-16)6-21-11(9)5-18-10/h2-3,5-7H,4,16H2,1H3,(H2,17,19,20). The van der Waals surface area contributed by atoms with Gasteiger partial charge in [0.25, 0.3) is 0 Å². The number of nitrogen functional groups attached to an aromatic ring is 1. The molecule has 22 heavy (non-hydrogen) atoms. The Bertz CT molecular complexity index is 802. The molecule has 0 aliphatic rings. The van der Waals surface area contributed by atoms with Crippen LogP contribution in [0, 0.1) is 0 Å². The van der Waals surface area contributed by atoms with Gasteiger partial charge in [-0.25, -0.2) is 9.97 Å². The van der Waals surface area contributed by atoms with Crippen molar-refractivity contribution in [3.8, 4) is 0 Å². The largest absolute Gasteiger partial charge is 0.462 e. The van der Waals surface area contributed by atoms with Gasteiger partial charge in [0.15, 0.2) is 10.7 Å². The number of anilines is 1. The number of pyridine rings is 1. The van der Waals surface area contributed by atoms with Gasteiger partial charge >= 0.3 is 0 Å². The highest BCUT2D eigenvalue weighted by molar-refractivity contribution is 7.99. The van der Waals surface area contributed by atoms with Crippen LogP contribution >= 0.6 is 23.4 Å². The van der Waals surface area contributed by atoms with Crippen molar-refractivity contribution in [1.82, 2.24) is 15.0 Å². The Labute approximate surface area is 136 Å². The lowest BCUT2D eigenvalue weighted by Crippen LogP contribution is -1.99. The summed E-state index contributed by atoms with van der Waals surface area (Å²) in [6, 6.07) is 3.49. The normalized spacial score (nSPS) is 12.7. The van der Waals surface area contributed by atoms with Crippen molar-refractivity contribution in [1.29, 1.82) is 0 Å². The van der Waals surface area contributed by atoms with Crippen LogP contribution in [0.1, 0.15) is 23.4 Å². The van der Waals surface area contributed by atoms with Gasteiger partial charge in [0.05, 0.1) is 23.4 Å². The predicted octanol–water partition coefficient (Wildman–Crippen LogP) is 3.17. The van der Waals surface area contributed by atoms with E-state index in [1.54, 1.807) is 12.5 Å². The van der Waals surface area contributed by atoms with Gasteiger partial charge in [0.2, 0.25) is 0 Å². The van der Waals surface area contributed by atoms with Crippen LogP contribution < -0.4 is 11.5 Å². The first kappa shape index (κ1) is 15.1. The molecule has 8 heteroatoms. The number of thioether (sulfide) groups is 1. The van der Waals surface area contributed by atoms with Crippen LogP contribution in [-0.2, 0) is 6.54 Å². The summed E-state index contributed by atoms with van der Waals surface area (Å²) >= 11 is 7.33. The molecule has 0 aliphatic heterocycles. The van der Waals surface area contributed by atoms with Crippen LogP contribution in [0.15, 0.2) is 34.2 Å². The maximum Gasteiger partial charge on any atom is 0.191 e. The van der Waals surface area contributed by atoms with E-state index in [0.29, 0.717) is 22.7 Å². The molecule has 0 fully saturated rings. The van der Waals surface area contributed by atoms with Crippen LogP contribution in [0.4, 0.5) is 5.82 Å². The summed E-state index contributed by atoms with van der Waals surface area (Å²) in [7, 11) is 0. The molecule has 0 aromatic carbocycles. The van der Waals surface area contributed by atoms with Gasteiger partial charge in [0, 0.05) is 23.6 Å². The van der Waals surface area contributed by atoms with Crippen LogP contribution in [0.3, 0.4) is 0 Å². The quantitative estimate of drug-likeness (QED) is 0.428. The maximum atomic E-state index is 5.90. The summed E-state index contributed by atoms with van der Waals surface area (Å²) in [6.45, 7) is 2.44. The molecule has 0 bridgehead atoms. The van der Waals surface area contributed by atoms with Crippen molar-refractivity contribution < 1.29 is 4.42 Å². The summed E-state index contributed by atoms with van der Waals surface area (Å²) in [5, 5.41) is 1.85. The molecule has 3 aromatic heterocycles. The number of hydrogen-bond donors (Lipinski definition) is 2. The van der Waals surface area contributed by atoms with Gasteiger partial charge < -0.3 is 15.9 Å². The fourth-order valence-electron chi connectivity index (χ4n) is 2.07. The second-order valence-corrected chi connectivity index (χ2v) is 6.42. The Kier molecular flexibility index (Phi) is 4.19. The highest BCUT2D eigenvalue weighted by Crippen LogP contribution is 2.34. The molecule has 1 atom stereocenters. The molecule has 0 saturated carbocycles. The van der Waals surface area contributed by atoms with E-state index in [2.05, 4.69) is 15.0 Å². The average Bonchev–Trinajstić information content (AvgIpc) is 2.88. The molecule has 6 nitrogen and oxygen atoms in total. The molecule has 3 rings (SSSR count). The Morgan fingerprint density at radius 1 is 1.36 bits per heavy atom. The molecule has 4 N–H and O–H groups in total. The highest BCUT2D eigenvalue weighted by atomic mass is 35.5. The second-order valence-electron chi connectivity index (χ2n) is 4.73.